The normalized spacial score (nSPS) is 20.3. The Labute approximate surface area is 186 Å². The number of aliphatic imine (C=N–C) groups is 1. The molecule has 2 aliphatic carbocycles. The Morgan fingerprint density at radius 2 is 1.87 bits per heavy atom. The smallest absolute Gasteiger partial charge is 0.225 e. The number of para-hydroxylation sites is 1. The topological polar surface area (TPSA) is 69.2 Å². The molecule has 0 aromatic heterocycles. The fourth-order valence-corrected chi connectivity index (χ4v) is 4.12. The predicted octanol–water partition coefficient (Wildman–Crippen LogP) is 2.08. The Morgan fingerprint density at radius 1 is 1.10 bits per heavy atom. The van der Waals surface area contributed by atoms with Crippen molar-refractivity contribution in [1.82, 2.24) is 20.4 Å². The van der Waals surface area contributed by atoms with Gasteiger partial charge in [0, 0.05) is 64.3 Å². The van der Waals surface area contributed by atoms with Crippen LogP contribution in [0.15, 0.2) is 29.3 Å². The molecule has 0 bridgehead atoms. The molecule has 0 radical (unpaired) electrons. The summed E-state index contributed by atoms with van der Waals surface area (Å²) >= 11 is 0. The van der Waals surface area contributed by atoms with Crippen LogP contribution in [0.5, 0.6) is 5.75 Å². The van der Waals surface area contributed by atoms with E-state index in [4.69, 9.17) is 4.74 Å². The third-order valence-electron chi connectivity index (χ3n) is 6.67. The van der Waals surface area contributed by atoms with E-state index in [9.17, 15) is 4.79 Å². The van der Waals surface area contributed by atoms with Crippen LogP contribution >= 0.6 is 0 Å². The van der Waals surface area contributed by atoms with Gasteiger partial charge in [-0.2, -0.15) is 0 Å². The minimum atomic E-state index is 0.312. The number of guanidine groups is 1. The van der Waals surface area contributed by atoms with Gasteiger partial charge in [0.2, 0.25) is 5.91 Å². The molecular formula is C24H37N5O2. The number of rotatable bonds is 9. The van der Waals surface area contributed by atoms with Crippen LogP contribution in [-0.4, -0.2) is 74.6 Å². The number of carbonyl (C=O) groups excluding carboxylic acids is 1. The van der Waals surface area contributed by atoms with Crippen LogP contribution in [0.1, 0.15) is 37.7 Å². The molecule has 2 saturated carbocycles. The van der Waals surface area contributed by atoms with Crippen molar-refractivity contribution in [3.8, 4) is 5.75 Å². The number of nitrogens with one attached hydrogen (secondary N) is 2. The number of hydrogen-bond acceptors (Lipinski definition) is 4. The second-order valence-electron chi connectivity index (χ2n) is 9.01. The Balaban J connectivity index is 1.14. The number of nitrogens with zero attached hydrogens (tertiary/aromatic N) is 3. The summed E-state index contributed by atoms with van der Waals surface area (Å²) in [4.78, 5) is 21.2. The third kappa shape index (κ3) is 6.35. The number of amides is 1. The van der Waals surface area contributed by atoms with Crippen molar-refractivity contribution >= 4 is 11.9 Å². The lowest BCUT2D eigenvalue weighted by Gasteiger charge is -2.38. The van der Waals surface area contributed by atoms with Gasteiger partial charge in [0.25, 0.3) is 0 Å². The van der Waals surface area contributed by atoms with E-state index in [1.165, 1.54) is 19.3 Å². The maximum absolute atomic E-state index is 12.4. The lowest BCUT2D eigenvalue weighted by atomic mass is 9.84. The molecular weight excluding hydrogens is 390 g/mol. The van der Waals surface area contributed by atoms with Gasteiger partial charge in [0.15, 0.2) is 5.96 Å². The summed E-state index contributed by atoms with van der Waals surface area (Å²) in [6.07, 6.45) is 5.99. The van der Waals surface area contributed by atoms with Crippen molar-refractivity contribution in [2.45, 2.75) is 38.6 Å². The molecule has 7 nitrogen and oxygen atoms in total. The van der Waals surface area contributed by atoms with E-state index < -0.39 is 0 Å². The van der Waals surface area contributed by atoms with E-state index in [-0.39, 0.29) is 0 Å². The van der Waals surface area contributed by atoms with E-state index in [0.717, 1.165) is 81.9 Å². The van der Waals surface area contributed by atoms with E-state index in [1.807, 2.05) is 18.2 Å². The number of hydrogen-bond donors (Lipinski definition) is 2. The molecule has 7 heteroatoms. The molecule has 1 heterocycles. The summed E-state index contributed by atoms with van der Waals surface area (Å²) < 4.78 is 6.00. The SMILES string of the molecule is CN=C(NCCN1CCN(C(=O)C2CCC2)CC1)NCc1ccccc1OCC1CC1. The van der Waals surface area contributed by atoms with Gasteiger partial charge < -0.3 is 20.3 Å². The molecule has 2 N–H and O–H groups in total. The average molecular weight is 428 g/mol. The lowest BCUT2D eigenvalue weighted by molar-refractivity contribution is -0.139. The Morgan fingerprint density at radius 3 is 2.55 bits per heavy atom. The molecule has 3 fully saturated rings. The molecule has 1 aromatic carbocycles. The highest BCUT2D eigenvalue weighted by atomic mass is 16.5. The van der Waals surface area contributed by atoms with E-state index in [0.29, 0.717) is 18.4 Å². The highest BCUT2D eigenvalue weighted by Crippen LogP contribution is 2.30. The van der Waals surface area contributed by atoms with Crippen LogP contribution in [0.25, 0.3) is 0 Å². The van der Waals surface area contributed by atoms with Crippen LogP contribution in [0.2, 0.25) is 0 Å². The first kappa shape index (κ1) is 21.9. The third-order valence-corrected chi connectivity index (χ3v) is 6.67. The van der Waals surface area contributed by atoms with Gasteiger partial charge in [-0.3, -0.25) is 14.7 Å². The number of carbonyl (C=O) groups is 1. The fourth-order valence-electron chi connectivity index (χ4n) is 4.12. The predicted molar refractivity (Wildman–Crippen MR) is 123 cm³/mol. The zero-order chi connectivity index (χ0) is 21.5. The highest BCUT2D eigenvalue weighted by molar-refractivity contribution is 5.80. The molecule has 1 aromatic rings. The lowest BCUT2D eigenvalue weighted by Crippen LogP contribution is -2.52. The first-order valence-electron chi connectivity index (χ1n) is 11.9. The molecule has 0 atom stereocenters. The molecule has 0 unspecified atom stereocenters. The van der Waals surface area contributed by atoms with Crippen molar-refractivity contribution < 1.29 is 9.53 Å². The number of benzene rings is 1. The van der Waals surface area contributed by atoms with Gasteiger partial charge in [-0.15, -0.1) is 0 Å². The van der Waals surface area contributed by atoms with Crippen molar-refractivity contribution in [1.29, 1.82) is 0 Å². The molecule has 1 saturated heterocycles. The van der Waals surface area contributed by atoms with Crippen LogP contribution in [0.4, 0.5) is 0 Å². The maximum atomic E-state index is 12.4. The van der Waals surface area contributed by atoms with E-state index in [2.05, 4.69) is 31.5 Å². The largest absolute Gasteiger partial charge is 0.493 e. The standard InChI is InChI=1S/C24H37N5O2/c1-25-24(27-17-21-5-2-3-8-22(21)31-18-19-9-10-19)26-11-12-28-13-15-29(16-14-28)23(30)20-6-4-7-20/h2-3,5,8,19-20H,4,6-7,9-18H2,1H3,(H2,25,26,27). The molecule has 4 rings (SSSR count). The van der Waals surface area contributed by atoms with E-state index in [1.54, 1.807) is 7.05 Å². The highest BCUT2D eigenvalue weighted by Gasteiger charge is 2.31. The monoisotopic (exact) mass is 427 g/mol. The summed E-state index contributed by atoms with van der Waals surface area (Å²) in [6.45, 7) is 6.92. The minimum Gasteiger partial charge on any atom is -0.493 e. The molecule has 170 valence electrons. The molecule has 0 spiro atoms. The van der Waals surface area contributed by atoms with Gasteiger partial charge in [-0.1, -0.05) is 24.6 Å². The van der Waals surface area contributed by atoms with Gasteiger partial charge >= 0.3 is 0 Å². The van der Waals surface area contributed by atoms with Crippen molar-refractivity contribution in [2.75, 3.05) is 52.9 Å². The molecule has 1 amide bonds. The minimum absolute atomic E-state index is 0.312. The second-order valence-corrected chi connectivity index (χ2v) is 9.01. The number of piperazine rings is 1. The summed E-state index contributed by atoms with van der Waals surface area (Å²) in [5.74, 6) is 3.21. The molecule has 1 aliphatic heterocycles. The van der Waals surface area contributed by atoms with Gasteiger partial charge in [0.05, 0.1) is 6.61 Å². The van der Waals surface area contributed by atoms with Crippen LogP contribution in [0.3, 0.4) is 0 Å². The Bertz CT molecular complexity index is 752. The van der Waals surface area contributed by atoms with Gasteiger partial charge in [0.1, 0.15) is 5.75 Å². The Hall–Kier alpha value is -2.28. The Kier molecular flexibility index (Phi) is 7.67. The quantitative estimate of drug-likeness (QED) is 0.467. The molecule has 31 heavy (non-hydrogen) atoms. The first-order chi connectivity index (χ1) is 15.2. The average Bonchev–Trinajstić information content (AvgIpc) is 3.59. The zero-order valence-electron chi connectivity index (χ0n) is 18.8. The van der Waals surface area contributed by atoms with Gasteiger partial charge in [-0.05, 0) is 37.7 Å². The van der Waals surface area contributed by atoms with E-state index >= 15 is 0 Å². The summed E-state index contributed by atoms with van der Waals surface area (Å²) in [6, 6.07) is 8.22. The van der Waals surface area contributed by atoms with Crippen molar-refractivity contribution in [3.05, 3.63) is 29.8 Å². The van der Waals surface area contributed by atoms with Gasteiger partial charge in [-0.25, -0.2) is 0 Å². The van der Waals surface area contributed by atoms with Crippen LogP contribution < -0.4 is 15.4 Å². The van der Waals surface area contributed by atoms with Crippen LogP contribution in [-0.2, 0) is 11.3 Å². The molecule has 3 aliphatic rings. The number of ether oxygens (including phenoxy) is 1. The second kappa shape index (κ2) is 10.8. The van der Waals surface area contributed by atoms with Crippen molar-refractivity contribution in [3.63, 3.8) is 0 Å². The fraction of sp³-hybridized carbons (Fsp3) is 0.667. The maximum Gasteiger partial charge on any atom is 0.225 e. The van der Waals surface area contributed by atoms with Crippen LogP contribution in [0, 0.1) is 11.8 Å². The van der Waals surface area contributed by atoms with Crippen molar-refractivity contribution in [2.24, 2.45) is 16.8 Å². The summed E-state index contributed by atoms with van der Waals surface area (Å²) in [7, 11) is 1.80. The zero-order valence-corrected chi connectivity index (χ0v) is 18.8. The first-order valence-corrected chi connectivity index (χ1v) is 11.9. The summed E-state index contributed by atoms with van der Waals surface area (Å²) in [5.41, 5.74) is 1.15. The summed E-state index contributed by atoms with van der Waals surface area (Å²) in [5, 5.41) is 6.81.